The number of pyridine rings is 1. The number of nitrogens with two attached hydrogens (primary N) is 1. The van der Waals surface area contributed by atoms with E-state index in [4.69, 9.17) is 5.73 Å². The van der Waals surface area contributed by atoms with Crippen LogP contribution in [0.1, 0.15) is 18.7 Å². The molecule has 1 aliphatic heterocycles. The molecule has 0 saturated carbocycles. The highest BCUT2D eigenvalue weighted by molar-refractivity contribution is 8.00. The van der Waals surface area contributed by atoms with Crippen LogP contribution in [0, 0.1) is 0 Å². The van der Waals surface area contributed by atoms with Crippen molar-refractivity contribution in [2.75, 3.05) is 11.5 Å². The summed E-state index contributed by atoms with van der Waals surface area (Å²) in [7, 11) is 0. The van der Waals surface area contributed by atoms with Crippen molar-refractivity contribution in [3.8, 4) is 0 Å². The first kappa shape index (κ1) is 9.96. The molecule has 0 radical (unpaired) electrons. The SMILES string of the molecule is Nc1cccc2nc(CC3CCCS3)nn12. The third-order valence-corrected chi connectivity index (χ3v) is 4.27. The van der Waals surface area contributed by atoms with E-state index in [-0.39, 0.29) is 0 Å². The molecule has 3 heterocycles. The molecule has 1 atom stereocenters. The predicted octanol–water partition coefficient (Wildman–Crippen LogP) is 1.75. The van der Waals surface area contributed by atoms with Crippen LogP contribution >= 0.6 is 11.8 Å². The topological polar surface area (TPSA) is 56.2 Å². The van der Waals surface area contributed by atoms with Gasteiger partial charge >= 0.3 is 0 Å². The monoisotopic (exact) mass is 234 g/mol. The molecule has 0 aromatic carbocycles. The zero-order valence-corrected chi connectivity index (χ0v) is 9.78. The molecule has 0 amide bonds. The Kier molecular flexibility index (Phi) is 2.47. The van der Waals surface area contributed by atoms with E-state index >= 15 is 0 Å². The van der Waals surface area contributed by atoms with Gasteiger partial charge in [0.05, 0.1) is 0 Å². The maximum Gasteiger partial charge on any atom is 0.157 e. The molecule has 1 saturated heterocycles. The zero-order chi connectivity index (χ0) is 11.0. The van der Waals surface area contributed by atoms with Crippen LogP contribution in [0.3, 0.4) is 0 Å². The van der Waals surface area contributed by atoms with Crippen LogP contribution in [0.5, 0.6) is 0 Å². The second kappa shape index (κ2) is 3.97. The first-order valence-corrected chi connectivity index (χ1v) is 6.59. The quantitative estimate of drug-likeness (QED) is 0.860. The molecule has 1 aliphatic rings. The third kappa shape index (κ3) is 1.75. The van der Waals surface area contributed by atoms with E-state index in [1.165, 1.54) is 18.6 Å². The number of rotatable bonds is 2. The summed E-state index contributed by atoms with van der Waals surface area (Å²) in [6.07, 6.45) is 3.58. The normalized spacial score (nSPS) is 20.6. The van der Waals surface area contributed by atoms with Crippen molar-refractivity contribution in [2.24, 2.45) is 0 Å². The number of anilines is 1. The van der Waals surface area contributed by atoms with Crippen molar-refractivity contribution in [1.82, 2.24) is 14.6 Å². The van der Waals surface area contributed by atoms with Gasteiger partial charge in [0.2, 0.25) is 0 Å². The van der Waals surface area contributed by atoms with Crippen molar-refractivity contribution in [1.29, 1.82) is 0 Å². The lowest BCUT2D eigenvalue weighted by Gasteiger charge is -2.02. The van der Waals surface area contributed by atoms with Crippen LogP contribution in [0.25, 0.3) is 5.65 Å². The van der Waals surface area contributed by atoms with Gasteiger partial charge in [0.1, 0.15) is 5.82 Å². The van der Waals surface area contributed by atoms with Gasteiger partial charge in [0.15, 0.2) is 11.5 Å². The lowest BCUT2D eigenvalue weighted by Crippen LogP contribution is -2.04. The Morgan fingerprint density at radius 3 is 3.19 bits per heavy atom. The van der Waals surface area contributed by atoms with E-state index in [1.54, 1.807) is 4.52 Å². The molecule has 1 unspecified atom stereocenters. The fourth-order valence-corrected chi connectivity index (χ4v) is 3.33. The molecule has 2 N–H and O–H groups in total. The Morgan fingerprint density at radius 2 is 2.44 bits per heavy atom. The fourth-order valence-electron chi connectivity index (χ4n) is 2.07. The van der Waals surface area contributed by atoms with Crippen LogP contribution < -0.4 is 5.73 Å². The Hall–Kier alpha value is -1.23. The average Bonchev–Trinajstić information content (AvgIpc) is 2.88. The van der Waals surface area contributed by atoms with E-state index < -0.39 is 0 Å². The number of aromatic nitrogens is 3. The van der Waals surface area contributed by atoms with Crippen molar-refractivity contribution in [3.63, 3.8) is 0 Å². The minimum Gasteiger partial charge on any atom is -0.384 e. The summed E-state index contributed by atoms with van der Waals surface area (Å²) in [5.74, 6) is 2.84. The van der Waals surface area contributed by atoms with E-state index in [0.29, 0.717) is 11.1 Å². The Morgan fingerprint density at radius 1 is 1.50 bits per heavy atom. The molecule has 4 nitrogen and oxygen atoms in total. The van der Waals surface area contributed by atoms with Crippen LogP contribution in [-0.4, -0.2) is 25.6 Å². The van der Waals surface area contributed by atoms with Gasteiger partial charge in [-0.2, -0.15) is 16.3 Å². The summed E-state index contributed by atoms with van der Waals surface area (Å²) in [6.45, 7) is 0. The summed E-state index contributed by atoms with van der Waals surface area (Å²) in [6, 6.07) is 5.69. The molecule has 3 rings (SSSR count). The Balaban J connectivity index is 1.90. The second-order valence-electron chi connectivity index (χ2n) is 4.09. The van der Waals surface area contributed by atoms with Gasteiger partial charge in [-0.05, 0) is 30.7 Å². The van der Waals surface area contributed by atoms with Crippen molar-refractivity contribution in [3.05, 3.63) is 24.0 Å². The van der Waals surface area contributed by atoms with E-state index in [1.807, 2.05) is 30.0 Å². The first-order chi connectivity index (χ1) is 7.83. The second-order valence-corrected chi connectivity index (χ2v) is 5.50. The van der Waals surface area contributed by atoms with Gasteiger partial charge in [-0.1, -0.05) is 6.07 Å². The van der Waals surface area contributed by atoms with Gasteiger partial charge in [-0.15, -0.1) is 5.10 Å². The Bertz CT molecular complexity index is 502. The summed E-state index contributed by atoms with van der Waals surface area (Å²) in [5.41, 5.74) is 6.68. The third-order valence-electron chi connectivity index (χ3n) is 2.87. The van der Waals surface area contributed by atoms with Gasteiger partial charge in [-0.3, -0.25) is 0 Å². The lowest BCUT2D eigenvalue weighted by molar-refractivity contribution is 0.742. The van der Waals surface area contributed by atoms with Crippen LogP contribution in [-0.2, 0) is 6.42 Å². The van der Waals surface area contributed by atoms with Gasteiger partial charge in [0.25, 0.3) is 0 Å². The zero-order valence-electron chi connectivity index (χ0n) is 8.97. The highest BCUT2D eigenvalue weighted by Crippen LogP contribution is 2.28. The van der Waals surface area contributed by atoms with Gasteiger partial charge in [-0.25, -0.2) is 4.98 Å². The highest BCUT2D eigenvalue weighted by Gasteiger charge is 2.18. The minimum absolute atomic E-state index is 0.648. The number of nitrogens with zero attached hydrogens (tertiary/aromatic N) is 3. The smallest absolute Gasteiger partial charge is 0.157 e. The van der Waals surface area contributed by atoms with Crippen LogP contribution in [0.2, 0.25) is 0 Å². The van der Waals surface area contributed by atoms with E-state index in [2.05, 4.69) is 10.1 Å². The molecule has 0 aliphatic carbocycles. The number of nitrogen functional groups attached to an aromatic ring is 1. The number of hydrogen-bond donors (Lipinski definition) is 1. The standard InChI is InChI=1S/C11H14N4S/c12-9-4-1-5-11-13-10(14-15(9)11)7-8-3-2-6-16-8/h1,4-5,8H,2-3,6-7,12H2. The fraction of sp³-hybridized carbons (Fsp3) is 0.455. The van der Waals surface area contributed by atoms with Gasteiger partial charge < -0.3 is 5.73 Å². The summed E-state index contributed by atoms with van der Waals surface area (Å²) in [5, 5.41) is 5.14. The highest BCUT2D eigenvalue weighted by atomic mass is 32.2. The molecule has 0 spiro atoms. The summed E-state index contributed by atoms with van der Waals surface area (Å²) in [4.78, 5) is 4.50. The van der Waals surface area contributed by atoms with Crippen molar-refractivity contribution >= 4 is 23.2 Å². The molecule has 2 aromatic heterocycles. The average molecular weight is 234 g/mol. The molecule has 0 bridgehead atoms. The van der Waals surface area contributed by atoms with Crippen LogP contribution in [0.15, 0.2) is 18.2 Å². The maximum atomic E-state index is 5.83. The van der Waals surface area contributed by atoms with E-state index in [9.17, 15) is 0 Å². The van der Waals surface area contributed by atoms with E-state index in [0.717, 1.165) is 17.9 Å². The molecular weight excluding hydrogens is 220 g/mol. The number of hydrogen-bond acceptors (Lipinski definition) is 4. The predicted molar refractivity (Wildman–Crippen MR) is 66.6 cm³/mol. The lowest BCUT2D eigenvalue weighted by atomic mass is 10.2. The largest absolute Gasteiger partial charge is 0.384 e. The molecule has 5 heteroatoms. The van der Waals surface area contributed by atoms with Crippen LogP contribution in [0.4, 0.5) is 5.82 Å². The van der Waals surface area contributed by atoms with Crippen molar-refractivity contribution in [2.45, 2.75) is 24.5 Å². The summed E-state index contributed by atoms with van der Waals surface area (Å²) >= 11 is 2.03. The van der Waals surface area contributed by atoms with Crippen molar-refractivity contribution < 1.29 is 0 Å². The minimum atomic E-state index is 0.648. The molecule has 1 fully saturated rings. The molecule has 16 heavy (non-hydrogen) atoms. The number of fused-ring (bicyclic) bond motifs is 1. The maximum absolute atomic E-state index is 5.83. The number of thioether (sulfide) groups is 1. The summed E-state index contributed by atoms with van der Waals surface area (Å²) < 4.78 is 1.72. The first-order valence-electron chi connectivity index (χ1n) is 5.55. The molecular formula is C11H14N4S. The van der Waals surface area contributed by atoms with Gasteiger partial charge in [0, 0.05) is 11.7 Å². The molecule has 84 valence electrons. The molecule has 2 aromatic rings. The Labute approximate surface area is 98.2 Å².